The van der Waals surface area contributed by atoms with Gasteiger partial charge in [-0.25, -0.2) is 0 Å². The van der Waals surface area contributed by atoms with E-state index in [-0.39, 0.29) is 11.9 Å². The summed E-state index contributed by atoms with van der Waals surface area (Å²) in [6, 6.07) is 16.6. The lowest BCUT2D eigenvalue weighted by molar-refractivity contribution is -0.121. The van der Waals surface area contributed by atoms with Crippen LogP contribution in [0.2, 0.25) is 0 Å². The highest BCUT2D eigenvalue weighted by Gasteiger charge is 2.28. The van der Waals surface area contributed by atoms with Gasteiger partial charge in [0.25, 0.3) is 0 Å². The number of rotatable bonds is 2. The van der Waals surface area contributed by atoms with Gasteiger partial charge in [-0.05, 0) is 22.3 Å². The van der Waals surface area contributed by atoms with E-state index in [0.717, 1.165) is 0 Å². The van der Waals surface area contributed by atoms with Crippen LogP contribution < -0.4 is 5.32 Å². The van der Waals surface area contributed by atoms with E-state index in [2.05, 4.69) is 29.6 Å². The van der Waals surface area contributed by atoms with Gasteiger partial charge in [-0.3, -0.25) is 4.79 Å². The summed E-state index contributed by atoms with van der Waals surface area (Å²) in [5.41, 5.74) is 4.85. The van der Waals surface area contributed by atoms with Crippen LogP contribution in [0.4, 0.5) is 0 Å². The molecule has 2 aromatic rings. The zero-order valence-corrected chi connectivity index (χ0v) is 10.3. The zero-order chi connectivity index (χ0) is 12.5. The van der Waals surface area contributed by atoms with Crippen LogP contribution in [-0.4, -0.2) is 5.91 Å². The van der Waals surface area contributed by atoms with Crippen molar-refractivity contribution >= 4 is 5.91 Å². The molecular weight excluding hydrogens is 222 g/mol. The summed E-state index contributed by atoms with van der Waals surface area (Å²) in [5.74, 6) is 0.0894. The first-order valence-electron chi connectivity index (χ1n) is 6.29. The first kappa shape index (κ1) is 11.0. The molecule has 0 saturated carbocycles. The second kappa shape index (κ2) is 4.30. The van der Waals surface area contributed by atoms with Crippen LogP contribution in [0.5, 0.6) is 0 Å². The Kier molecular flexibility index (Phi) is 2.63. The van der Waals surface area contributed by atoms with Crippen LogP contribution in [0.15, 0.2) is 48.5 Å². The lowest BCUT2D eigenvalue weighted by Gasteiger charge is -2.15. The average molecular weight is 237 g/mol. The summed E-state index contributed by atoms with van der Waals surface area (Å²) < 4.78 is 0. The molecule has 90 valence electrons. The molecule has 2 heteroatoms. The van der Waals surface area contributed by atoms with Crippen LogP contribution in [0, 0.1) is 0 Å². The number of benzene rings is 2. The molecule has 1 amide bonds. The molecule has 0 bridgehead atoms. The Morgan fingerprint density at radius 2 is 1.50 bits per heavy atom. The van der Waals surface area contributed by atoms with Gasteiger partial charge in [0.05, 0.1) is 6.04 Å². The molecule has 0 aliphatic heterocycles. The van der Waals surface area contributed by atoms with Crippen molar-refractivity contribution in [1.29, 1.82) is 0 Å². The highest BCUT2D eigenvalue weighted by molar-refractivity contribution is 5.83. The molecule has 18 heavy (non-hydrogen) atoms. The maximum atomic E-state index is 11.7. The number of amides is 1. The molecule has 0 heterocycles. The van der Waals surface area contributed by atoms with Crippen molar-refractivity contribution < 1.29 is 4.79 Å². The van der Waals surface area contributed by atoms with Crippen molar-refractivity contribution in [2.45, 2.75) is 19.4 Å². The first-order chi connectivity index (χ1) is 8.81. The molecule has 0 fully saturated rings. The summed E-state index contributed by atoms with van der Waals surface area (Å²) in [6.07, 6.45) is 0.515. The Hall–Kier alpha value is -2.09. The van der Waals surface area contributed by atoms with E-state index in [1.807, 2.05) is 31.2 Å². The Balaban J connectivity index is 2.12. The predicted molar refractivity (Wildman–Crippen MR) is 72.2 cm³/mol. The second-order valence-electron chi connectivity index (χ2n) is 4.53. The standard InChI is InChI=1S/C16H15NO/c1-2-15(18)17-16-13-9-5-3-7-11(13)12-8-4-6-10-14(12)16/h3-10,16H,2H2,1H3,(H,17,18). The van der Waals surface area contributed by atoms with Crippen LogP contribution in [0.3, 0.4) is 0 Å². The van der Waals surface area contributed by atoms with E-state index in [1.54, 1.807) is 0 Å². The van der Waals surface area contributed by atoms with Gasteiger partial charge in [-0.1, -0.05) is 55.5 Å². The predicted octanol–water partition coefficient (Wildman–Crippen LogP) is 3.28. The van der Waals surface area contributed by atoms with Crippen molar-refractivity contribution in [2.24, 2.45) is 0 Å². The van der Waals surface area contributed by atoms with Crippen molar-refractivity contribution in [3.63, 3.8) is 0 Å². The van der Waals surface area contributed by atoms with Gasteiger partial charge in [0.1, 0.15) is 0 Å². The lowest BCUT2D eigenvalue weighted by atomic mass is 10.1. The minimum Gasteiger partial charge on any atom is -0.345 e. The van der Waals surface area contributed by atoms with E-state index in [4.69, 9.17) is 0 Å². The molecule has 1 aliphatic carbocycles. The summed E-state index contributed by atoms with van der Waals surface area (Å²) in [7, 11) is 0. The maximum absolute atomic E-state index is 11.7. The number of hydrogen-bond donors (Lipinski definition) is 1. The molecule has 0 radical (unpaired) electrons. The number of hydrogen-bond acceptors (Lipinski definition) is 1. The Labute approximate surface area is 107 Å². The van der Waals surface area contributed by atoms with Gasteiger partial charge >= 0.3 is 0 Å². The molecule has 1 aliphatic rings. The maximum Gasteiger partial charge on any atom is 0.220 e. The zero-order valence-electron chi connectivity index (χ0n) is 10.3. The summed E-state index contributed by atoms with van der Waals surface area (Å²) >= 11 is 0. The second-order valence-corrected chi connectivity index (χ2v) is 4.53. The molecular formula is C16H15NO. The highest BCUT2D eigenvalue weighted by atomic mass is 16.1. The molecule has 1 N–H and O–H groups in total. The van der Waals surface area contributed by atoms with Crippen molar-refractivity contribution in [3.8, 4) is 11.1 Å². The fourth-order valence-corrected chi connectivity index (χ4v) is 2.57. The van der Waals surface area contributed by atoms with Crippen LogP contribution in [0.25, 0.3) is 11.1 Å². The van der Waals surface area contributed by atoms with Crippen molar-refractivity contribution in [1.82, 2.24) is 5.32 Å². The van der Waals surface area contributed by atoms with Gasteiger partial charge in [0.2, 0.25) is 5.91 Å². The quantitative estimate of drug-likeness (QED) is 0.853. The van der Waals surface area contributed by atoms with Gasteiger partial charge in [0.15, 0.2) is 0 Å². The topological polar surface area (TPSA) is 29.1 Å². The Morgan fingerprint density at radius 3 is 2.00 bits per heavy atom. The third kappa shape index (κ3) is 1.61. The smallest absolute Gasteiger partial charge is 0.220 e. The van der Waals surface area contributed by atoms with Crippen LogP contribution >= 0.6 is 0 Å². The Morgan fingerprint density at radius 1 is 1.00 bits per heavy atom. The SMILES string of the molecule is CCC(=O)NC1c2ccccc2-c2ccccc21. The summed E-state index contributed by atoms with van der Waals surface area (Å²) in [5, 5.41) is 3.10. The summed E-state index contributed by atoms with van der Waals surface area (Å²) in [6.45, 7) is 1.88. The number of fused-ring (bicyclic) bond motifs is 3. The number of carbonyl (C=O) groups is 1. The van der Waals surface area contributed by atoms with E-state index in [9.17, 15) is 4.79 Å². The lowest BCUT2D eigenvalue weighted by Crippen LogP contribution is -2.27. The molecule has 0 spiro atoms. The average Bonchev–Trinajstić information content (AvgIpc) is 2.74. The van der Waals surface area contributed by atoms with Crippen molar-refractivity contribution in [3.05, 3.63) is 59.7 Å². The van der Waals surface area contributed by atoms with Gasteiger partial charge in [-0.2, -0.15) is 0 Å². The number of nitrogens with one attached hydrogen (secondary N) is 1. The highest BCUT2D eigenvalue weighted by Crippen LogP contribution is 2.42. The normalized spacial score (nSPS) is 12.9. The van der Waals surface area contributed by atoms with E-state index in [0.29, 0.717) is 6.42 Å². The minimum absolute atomic E-state index is 0.00449. The summed E-state index contributed by atoms with van der Waals surface area (Å²) in [4.78, 5) is 11.7. The molecule has 3 rings (SSSR count). The third-order valence-electron chi connectivity index (χ3n) is 3.46. The van der Waals surface area contributed by atoms with Crippen LogP contribution in [-0.2, 0) is 4.79 Å². The van der Waals surface area contributed by atoms with Crippen LogP contribution in [0.1, 0.15) is 30.5 Å². The van der Waals surface area contributed by atoms with E-state index >= 15 is 0 Å². The van der Waals surface area contributed by atoms with Gasteiger partial charge in [0, 0.05) is 6.42 Å². The van der Waals surface area contributed by atoms with Crippen molar-refractivity contribution in [2.75, 3.05) is 0 Å². The monoisotopic (exact) mass is 237 g/mol. The Bertz CT molecular complexity index is 558. The fourth-order valence-electron chi connectivity index (χ4n) is 2.57. The molecule has 0 atom stereocenters. The molecule has 2 aromatic carbocycles. The minimum atomic E-state index is 0.00449. The largest absolute Gasteiger partial charge is 0.345 e. The molecule has 0 aromatic heterocycles. The van der Waals surface area contributed by atoms with E-state index in [1.165, 1.54) is 22.3 Å². The fraction of sp³-hybridized carbons (Fsp3) is 0.188. The molecule has 2 nitrogen and oxygen atoms in total. The first-order valence-corrected chi connectivity index (χ1v) is 6.29. The molecule has 0 saturated heterocycles. The van der Waals surface area contributed by atoms with E-state index < -0.39 is 0 Å². The number of carbonyl (C=O) groups excluding carboxylic acids is 1. The third-order valence-corrected chi connectivity index (χ3v) is 3.46. The van der Waals surface area contributed by atoms with Gasteiger partial charge < -0.3 is 5.32 Å². The molecule has 0 unspecified atom stereocenters. The van der Waals surface area contributed by atoms with Gasteiger partial charge in [-0.15, -0.1) is 0 Å².